The van der Waals surface area contributed by atoms with Gasteiger partial charge in [-0.2, -0.15) is 0 Å². The third-order valence-electron chi connectivity index (χ3n) is 8.52. The number of rotatable bonds is 4. The van der Waals surface area contributed by atoms with E-state index in [1.54, 1.807) is 0 Å². The van der Waals surface area contributed by atoms with Gasteiger partial charge in [-0.3, -0.25) is 14.6 Å². The highest BCUT2D eigenvalue weighted by Gasteiger charge is 2.50. The number of nitrogens with one attached hydrogen (secondary N) is 1. The lowest BCUT2D eigenvalue weighted by Crippen LogP contribution is -2.60. The van der Waals surface area contributed by atoms with Crippen LogP contribution >= 0.6 is 11.6 Å². The Bertz CT molecular complexity index is 937. The lowest BCUT2D eigenvalue weighted by molar-refractivity contribution is -0.145. The van der Waals surface area contributed by atoms with Crippen LogP contribution in [-0.2, 0) is 4.79 Å². The van der Waals surface area contributed by atoms with Crippen LogP contribution in [0.5, 0.6) is 0 Å². The first-order valence-electron chi connectivity index (χ1n) is 11.5. The van der Waals surface area contributed by atoms with Gasteiger partial charge in [0.1, 0.15) is 6.04 Å². The smallest absolute Gasteiger partial charge is 0.325 e. The van der Waals surface area contributed by atoms with Crippen molar-refractivity contribution in [1.29, 1.82) is 0 Å². The number of carboxylic acids is 1. The Labute approximate surface area is 182 Å². The number of aromatic amines is 1. The van der Waals surface area contributed by atoms with Crippen molar-refractivity contribution in [2.24, 2.45) is 23.7 Å². The van der Waals surface area contributed by atoms with Gasteiger partial charge in [0, 0.05) is 59.9 Å². The Kier molecular flexibility index (Phi) is 4.63. The summed E-state index contributed by atoms with van der Waals surface area (Å²) in [6.07, 6.45) is 9.08. The molecule has 1 atom stereocenters. The van der Waals surface area contributed by atoms with Crippen LogP contribution in [0.2, 0.25) is 5.02 Å². The Morgan fingerprint density at radius 2 is 1.70 bits per heavy atom. The maximum absolute atomic E-state index is 12.3. The second-order valence-electron chi connectivity index (χ2n) is 10.2. The second-order valence-corrected chi connectivity index (χ2v) is 10.6. The van der Waals surface area contributed by atoms with Gasteiger partial charge in [-0.1, -0.05) is 11.6 Å². The fraction of sp³-hybridized carbons (Fsp3) is 0.625. The molecule has 5 fully saturated rings. The zero-order valence-electron chi connectivity index (χ0n) is 17.3. The van der Waals surface area contributed by atoms with E-state index in [2.05, 4.69) is 14.8 Å². The number of carboxylic acid groups (broad SMARTS) is 1. The van der Waals surface area contributed by atoms with Crippen LogP contribution < -0.4 is 0 Å². The Balaban J connectivity index is 1.20. The summed E-state index contributed by atoms with van der Waals surface area (Å²) in [7, 11) is 0. The van der Waals surface area contributed by atoms with E-state index in [-0.39, 0.29) is 0 Å². The van der Waals surface area contributed by atoms with E-state index in [4.69, 9.17) is 11.6 Å². The van der Waals surface area contributed by atoms with Gasteiger partial charge in [0.15, 0.2) is 0 Å². The minimum absolute atomic E-state index is 0.627. The number of aromatic nitrogens is 1. The molecule has 4 saturated carbocycles. The summed E-state index contributed by atoms with van der Waals surface area (Å²) in [5.41, 5.74) is 1.76. The lowest BCUT2D eigenvalue weighted by Gasteiger charge is -2.58. The minimum Gasteiger partial charge on any atom is -0.480 e. The quantitative estimate of drug-likeness (QED) is 0.759. The van der Waals surface area contributed by atoms with E-state index >= 15 is 0 Å². The van der Waals surface area contributed by atoms with Crippen molar-refractivity contribution in [3.05, 3.63) is 35.0 Å². The summed E-state index contributed by atoms with van der Waals surface area (Å²) in [6, 6.07) is 5.75. The van der Waals surface area contributed by atoms with Crippen molar-refractivity contribution in [2.45, 2.75) is 44.2 Å². The van der Waals surface area contributed by atoms with E-state index in [9.17, 15) is 9.90 Å². The lowest BCUT2D eigenvalue weighted by atomic mass is 9.54. The average molecular weight is 428 g/mol. The molecule has 0 radical (unpaired) electrons. The fourth-order valence-corrected chi connectivity index (χ4v) is 7.79. The first kappa shape index (κ1) is 19.1. The molecule has 7 rings (SSSR count). The van der Waals surface area contributed by atoms with E-state index < -0.39 is 12.0 Å². The molecule has 6 heteroatoms. The van der Waals surface area contributed by atoms with Crippen molar-refractivity contribution >= 4 is 28.5 Å². The molecule has 1 aliphatic heterocycles. The SMILES string of the molecule is O=C(O)[C@@H](c1c[nH]c2ccc(Cl)cc12)N1CCN(C2C3CC4CC(C3)CC2C4)CC1. The highest BCUT2D eigenvalue weighted by atomic mass is 35.5. The number of fused-ring (bicyclic) bond motifs is 1. The molecule has 5 nitrogen and oxygen atoms in total. The molecule has 0 spiro atoms. The summed E-state index contributed by atoms with van der Waals surface area (Å²) in [5.74, 6) is 2.99. The predicted octanol–water partition coefficient (Wildman–Crippen LogP) is 4.39. The van der Waals surface area contributed by atoms with Gasteiger partial charge >= 0.3 is 5.97 Å². The molecule has 2 aromatic rings. The van der Waals surface area contributed by atoms with Crippen LogP contribution in [0.3, 0.4) is 0 Å². The van der Waals surface area contributed by atoms with Crippen LogP contribution in [0.25, 0.3) is 10.9 Å². The number of halogens is 1. The van der Waals surface area contributed by atoms with Crippen molar-refractivity contribution in [3.8, 4) is 0 Å². The first-order chi connectivity index (χ1) is 14.6. The monoisotopic (exact) mass is 427 g/mol. The standard InChI is InChI=1S/C24H30ClN3O2/c25-18-1-2-21-19(12-18)20(13-26-21)23(24(29)30)28-5-3-27(4-6-28)22-16-8-14-7-15(10-16)11-17(22)9-14/h1-2,12-17,22-23,26H,3-11H2,(H,29,30)/t14?,15?,16?,17?,22?,23-/m1/s1. The normalized spacial score (nSPS) is 35.2. The van der Waals surface area contributed by atoms with E-state index in [0.717, 1.165) is 72.4 Å². The molecule has 0 unspecified atom stereocenters. The Morgan fingerprint density at radius 3 is 2.33 bits per heavy atom. The summed E-state index contributed by atoms with van der Waals surface area (Å²) in [4.78, 5) is 20.4. The predicted molar refractivity (Wildman–Crippen MR) is 118 cm³/mol. The van der Waals surface area contributed by atoms with Crippen LogP contribution in [0.1, 0.15) is 43.7 Å². The topological polar surface area (TPSA) is 59.6 Å². The number of carbonyl (C=O) groups is 1. The van der Waals surface area contributed by atoms with Crippen LogP contribution in [0, 0.1) is 23.7 Å². The highest BCUT2D eigenvalue weighted by Crippen LogP contribution is 2.55. The third-order valence-corrected chi connectivity index (χ3v) is 8.75. The first-order valence-corrected chi connectivity index (χ1v) is 11.9. The number of hydrogen-bond acceptors (Lipinski definition) is 3. The molecular weight excluding hydrogens is 398 g/mol. The van der Waals surface area contributed by atoms with Gasteiger partial charge in [0.25, 0.3) is 0 Å². The van der Waals surface area contributed by atoms with Crippen LogP contribution in [0.15, 0.2) is 24.4 Å². The van der Waals surface area contributed by atoms with Crippen molar-refractivity contribution in [1.82, 2.24) is 14.8 Å². The van der Waals surface area contributed by atoms with Gasteiger partial charge in [0.05, 0.1) is 0 Å². The number of nitrogens with zero attached hydrogens (tertiary/aromatic N) is 2. The molecule has 4 aliphatic carbocycles. The van der Waals surface area contributed by atoms with Crippen molar-refractivity contribution < 1.29 is 9.90 Å². The zero-order valence-corrected chi connectivity index (χ0v) is 18.0. The van der Waals surface area contributed by atoms with E-state index in [0.29, 0.717) is 5.02 Å². The van der Waals surface area contributed by atoms with Gasteiger partial charge < -0.3 is 10.1 Å². The zero-order chi connectivity index (χ0) is 20.4. The molecule has 5 aliphatic rings. The molecular formula is C24H30ClN3O2. The maximum atomic E-state index is 12.3. The number of benzene rings is 1. The van der Waals surface area contributed by atoms with Gasteiger partial charge in [-0.15, -0.1) is 0 Å². The fourth-order valence-electron chi connectivity index (χ4n) is 7.61. The number of piperazine rings is 1. The highest BCUT2D eigenvalue weighted by molar-refractivity contribution is 6.31. The van der Waals surface area contributed by atoms with Gasteiger partial charge in [-0.25, -0.2) is 0 Å². The molecule has 160 valence electrons. The van der Waals surface area contributed by atoms with E-state index in [1.807, 2.05) is 24.4 Å². The molecule has 30 heavy (non-hydrogen) atoms. The van der Waals surface area contributed by atoms with Crippen molar-refractivity contribution in [2.75, 3.05) is 26.2 Å². The molecule has 1 saturated heterocycles. The van der Waals surface area contributed by atoms with E-state index in [1.165, 1.54) is 32.1 Å². The largest absolute Gasteiger partial charge is 0.480 e. The summed E-state index contributed by atoms with van der Waals surface area (Å²) in [5, 5.41) is 11.7. The minimum atomic E-state index is -0.779. The summed E-state index contributed by atoms with van der Waals surface area (Å²) in [6.45, 7) is 3.60. The van der Waals surface area contributed by atoms with Crippen molar-refractivity contribution in [3.63, 3.8) is 0 Å². The molecule has 1 aromatic heterocycles. The summed E-state index contributed by atoms with van der Waals surface area (Å²) >= 11 is 6.20. The average Bonchev–Trinajstić information content (AvgIpc) is 3.11. The number of aliphatic carboxylic acids is 1. The molecule has 0 amide bonds. The number of hydrogen-bond donors (Lipinski definition) is 2. The molecule has 2 N–H and O–H groups in total. The Morgan fingerprint density at radius 1 is 1.03 bits per heavy atom. The molecule has 2 heterocycles. The second kappa shape index (κ2) is 7.25. The van der Waals surface area contributed by atoms with Gasteiger partial charge in [-0.05, 0) is 74.0 Å². The van der Waals surface area contributed by atoms with Crippen LogP contribution in [-0.4, -0.2) is 58.1 Å². The molecule has 4 bridgehead atoms. The summed E-state index contributed by atoms with van der Waals surface area (Å²) < 4.78 is 0. The molecule has 1 aromatic carbocycles. The number of H-pyrrole nitrogens is 1. The maximum Gasteiger partial charge on any atom is 0.325 e. The van der Waals surface area contributed by atoms with Crippen LogP contribution in [0.4, 0.5) is 0 Å². The van der Waals surface area contributed by atoms with Gasteiger partial charge in [0.2, 0.25) is 0 Å². The third kappa shape index (κ3) is 3.09. The Hall–Kier alpha value is -1.56.